The Morgan fingerprint density at radius 3 is 2.90 bits per heavy atom. The van der Waals surface area contributed by atoms with Gasteiger partial charge < -0.3 is 10.6 Å². The van der Waals surface area contributed by atoms with E-state index in [1.807, 2.05) is 6.07 Å². The van der Waals surface area contributed by atoms with E-state index < -0.39 is 0 Å². The summed E-state index contributed by atoms with van der Waals surface area (Å²) < 4.78 is 1.45. The van der Waals surface area contributed by atoms with Gasteiger partial charge in [0.25, 0.3) is 0 Å². The molecule has 120 valence electrons. The number of rotatable bonds is 6. The van der Waals surface area contributed by atoms with Gasteiger partial charge in [-0.1, -0.05) is 23.2 Å². The van der Waals surface area contributed by atoms with E-state index in [0.717, 1.165) is 42.4 Å². The minimum absolute atomic E-state index is 0. The van der Waals surface area contributed by atoms with E-state index in [4.69, 9.17) is 23.2 Å². The Bertz CT molecular complexity index is 447. The van der Waals surface area contributed by atoms with Crippen molar-refractivity contribution in [2.75, 3.05) is 19.6 Å². The van der Waals surface area contributed by atoms with Crippen LogP contribution in [0.2, 0.25) is 8.67 Å². The van der Waals surface area contributed by atoms with Crippen LogP contribution in [0.4, 0.5) is 0 Å². The second-order valence-corrected chi connectivity index (χ2v) is 7.51. The lowest BCUT2D eigenvalue weighted by atomic mass is 10.00. The average Bonchev–Trinajstić information content (AvgIpc) is 2.76. The Hall–Kier alpha value is -0.000000000000000104. The Kier molecular flexibility index (Phi) is 8.98. The van der Waals surface area contributed by atoms with Gasteiger partial charge in [0.2, 0.25) is 5.91 Å². The molecule has 1 fully saturated rings. The first-order valence-corrected chi connectivity index (χ1v) is 8.63. The molecule has 0 aromatic carbocycles. The van der Waals surface area contributed by atoms with Crippen LogP contribution in [-0.4, -0.2) is 25.5 Å². The highest BCUT2D eigenvalue weighted by Crippen LogP contribution is 2.31. The molecule has 1 atom stereocenters. The predicted molar refractivity (Wildman–Crippen MR) is 93.1 cm³/mol. The molecule has 0 bridgehead atoms. The van der Waals surface area contributed by atoms with Crippen molar-refractivity contribution in [3.63, 3.8) is 0 Å². The SMILES string of the molecule is Cl.O=C(CCCc1cc(Cl)sc1Cl)NCC1CCCNC1. The summed E-state index contributed by atoms with van der Waals surface area (Å²) in [5.41, 5.74) is 1.05. The van der Waals surface area contributed by atoms with Crippen molar-refractivity contribution in [1.82, 2.24) is 10.6 Å². The van der Waals surface area contributed by atoms with Gasteiger partial charge in [-0.05, 0) is 56.3 Å². The molecule has 7 heteroatoms. The molecule has 0 aliphatic carbocycles. The summed E-state index contributed by atoms with van der Waals surface area (Å²) >= 11 is 13.3. The molecule has 1 aromatic rings. The molecular formula is C14H21Cl3N2OS. The van der Waals surface area contributed by atoms with Crippen LogP contribution in [0.1, 0.15) is 31.2 Å². The van der Waals surface area contributed by atoms with Gasteiger partial charge in [-0.2, -0.15) is 0 Å². The number of aryl methyl sites for hydroxylation is 1. The van der Waals surface area contributed by atoms with Crippen molar-refractivity contribution >= 4 is 52.9 Å². The third-order valence-electron chi connectivity index (χ3n) is 3.56. The maximum absolute atomic E-state index is 11.8. The molecule has 0 saturated carbocycles. The largest absolute Gasteiger partial charge is 0.356 e. The van der Waals surface area contributed by atoms with Crippen LogP contribution >= 0.6 is 46.9 Å². The Morgan fingerprint density at radius 2 is 2.29 bits per heavy atom. The van der Waals surface area contributed by atoms with Crippen molar-refractivity contribution in [2.24, 2.45) is 5.92 Å². The Labute approximate surface area is 146 Å². The van der Waals surface area contributed by atoms with Gasteiger partial charge in [0, 0.05) is 13.0 Å². The van der Waals surface area contributed by atoms with Gasteiger partial charge in [0.05, 0.1) is 8.67 Å². The van der Waals surface area contributed by atoms with Crippen LogP contribution in [-0.2, 0) is 11.2 Å². The normalized spacial score (nSPS) is 18.1. The number of carbonyl (C=O) groups is 1. The summed E-state index contributed by atoms with van der Waals surface area (Å²) in [6, 6.07) is 1.89. The molecule has 2 N–H and O–H groups in total. The fraction of sp³-hybridized carbons (Fsp3) is 0.643. The van der Waals surface area contributed by atoms with Gasteiger partial charge >= 0.3 is 0 Å². The van der Waals surface area contributed by atoms with E-state index in [1.54, 1.807) is 0 Å². The molecule has 0 spiro atoms. The van der Waals surface area contributed by atoms with Gasteiger partial charge in [-0.15, -0.1) is 23.7 Å². The predicted octanol–water partition coefficient (Wildman–Crippen LogP) is 3.92. The van der Waals surface area contributed by atoms with Crippen LogP contribution in [0.25, 0.3) is 0 Å². The van der Waals surface area contributed by atoms with Crippen molar-refractivity contribution in [3.05, 3.63) is 20.3 Å². The third kappa shape index (κ3) is 6.74. The molecule has 1 unspecified atom stereocenters. The van der Waals surface area contributed by atoms with E-state index in [1.165, 1.54) is 24.2 Å². The molecule has 2 rings (SSSR count). The monoisotopic (exact) mass is 370 g/mol. The summed E-state index contributed by atoms with van der Waals surface area (Å²) in [5, 5.41) is 6.38. The average molecular weight is 372 g/mol. The Morgan fingerprint density at radius 1 is 1.48 bits per heavy atom. The van der Waals surface area contributed by atoms with Gasteiger partial charge in [0.15, 0.2) is 0 Å². The number of thiophene rings is 1. The first-order valence-electron chi connectivity index (χ1n) is 7.06. The fourth-order valence-electron chi connectivity index (χ4n) is 2.43. The number of nitrogens with one attached hydrogen (secondary N) is 2. The van der Waals surface area contributed by atoms with E-state index >= 15 is 0 Å². The summed E-state index contributed by atoms with van der Waals surface area (Å²) in [5.74, 6) is 0.714. The van der Waals surface area contributed by atoms with Gasteiger partial charge in [0.1, 0.15) is 0 Å². The second-order valence-electron chi connectivity index (χ2n) is 5.22. The lowest BCUT2D eigenvalue weighted by molar-refractivity contribution is -0.121. The lowest BCUT2D eigenvalue weighted by Gasteiger charge is -2.22. The molecule has 1 aromatic heterocycles. The molecule has 3 nitrogen and oxygen atoms in total. The molecule has 21 heavy (non-hydrogen) atoms. The van der Waals surface area contributed by atoms with E-state index in [9.17, 15) is 4.79 Å². The minimum Gasteiger partial charge on any atom is -0.356 e. The summed E-state index contributed by atoms with van der Waals surface area (Å²) in [6.45, 7) is 2.91. The highest BCUT2D eigenvalue weighted by Gasteiger charge is 2.14. The lowest BCUT2D eigenvalue weighted by Crippen LogP contribution is -2.38. The van der Waals surface area contributed by atoms with Crippen LogP contribution in [0.3, 0.4) is 0 Å². The molecule has 1 aliphatic heterocycles. The zero-order valence-corrected chi connectivity index (χ0v) is 14.9. The number of hydrogen-bond acceptors (Lipinski definition) is 3. The second kappa shape index (κ2) is 9.90. The van der Waals surface area contributed by atoms with Crippen LogP contribution < -0.4 is 10.6 Å². The maximum Gasteiger partial charge on any atom is 0.220 e. The number of hydrogen-bond donors (Lipinski definition) is 2. The first kappa shape index (κ1) is 19.0. The highest BCUT2D eigenvalue weighted by molar-refractivity contribution is 7.20. The highest BCUT2D eigenvalue weighted by atomic mass is 35.5. The van der Waals surface area contributed by atoms with E-state index in [2.05, 4.69) is 10.6 Å². The smallest absolute Gasteiger partial charge is 0.220 e. The van der Waals surface area contributed by atoms with Crippen molar-refractivity contribution in [2.45, 2.75) is 32.1 Å². The van der Waals surface area contributed by atoms with Crippen LogP contribution in [0.15, 0.2) is 6.07 Å². The molecule has 0 radical (unpaired) electrons. The maximum atomic E-state index is 11.8. The topological polar surface area (TPSA) is 41.1 Å². The number of amides is 1. The van der Waals surface area contributed by atoms with Crippen molar-refractivity contribution in [3.8, 4) is 0 Å². The minimum atomic E-state index is 0. The molecular weight excluding hydrogens is 351 g/mol. The number of halogens is 3. The third-order valence-corrected chi connectivity index (χ3v) is 5.13. The summed E-state index contributed by atoms with van der Waals surface area (Å²) in [7, 11) is 0. The zero-order chi connectivity index (χ0) is 14.4. The van der Waals surface area contributed by atoms with Crippen molar-refractivity contribution < 1.29 is 4.79 Å². The summed E-state index contributed by atoms with van der Waals surface area (Å²) in [6.07, 6.45) is 4.57. The van der Waals surface area contributed by atoms with Gasteiger partial charge in [-0.25, -0.2) is 0 Å². The molecule has 1 aliphatic rings. The molecule has 1 amide bonds. The quantitative estimate of drug-likeness (QED) is 0.796. The standard InChI is InChI=1S/C14H20Cl2N2OS.ClH/c15-12-7-11(14(16)20-12)4-1-5-13(19)18-9-10-3-2-6-17-8-10;/h7,10,17H,1-6,8-9H2,(H,18,19);1H. The number of piperidine rings is 1. The van der Waals surface area contributed by atoms with E-state index in [-0.39, 0.29) is 18.3 Å². The molecule has 1 saturated heterocycles. The fourth-order valence-corrected chi connectivity index (χ4v) is 3.97. The first-order chi connectivity index (χ1) is 9.65. The van der Waals surface area contributed by atoms with E-state index in [0.29, 0.717) is 16.7 Å². The molecule has 2 heterocycles. The zero-order valence-electron chi connectivity index (χ0n) is 11.8. The van der Waals surface area contributed by atoms with Crippen molar-refractivity contribution in [1.29, 1.82) is 0 Å². The van der Waals surface area contributed by atoms with Gasteiger partial charge in [-0.3, -0.25) is 4.79 Å². The Balaban J connectivity index is 0.00000220. The number of carbonyl (C=O) groups excluding carboxylic acids is 1. The van der Waals surface area contributed by atoms with Crippen LogP contribution in [0, 0.1) is 5.92 Å². The van der Waals surface area contributed by atoms with Crippen LogP contribution in [0.5, 0.6) is 0 Å². The summed E-state index contributed by atoms with van der Waals surface area (Å²) in [4.78, 5) is 11.8.